The summed E-state index contributed by atoms with van der Waals surface area (Å²) in [7, 11) is 0. The molecule has 0 saturated heterocycles. The first-order chi connectivity index (χ1) is 7.20. The number of rotatable bonds is 5. The summed E-state index contributed by atoms with van der Waals surface area (Å²) >= 11 is 0. The molecule has 1 aromatic carbocycles. The molecule has 0 radical (unpaired) electrons. The fraction of sp³-hybridized carbons (Fsp3) is 0.500. The van der Waals surface area contributed by atoms with E-state index in [0.29, 0.717) is 0 Å². The first-order valence-corrected chi connectivity index (χ1v) is 5.49. The van der Waals surface area contributed by atoms with Crippen molar-refractivity contribution in [1.82, 2.24) is 0 Å². The van der Waals surface area contributed by atoms with E-state index in [-0.39, 0.29) is 11.5 Å². The maximum absolute atomic E-state index is 13.3. The lowest BCUT2D eigenvalue weighted by Gasteiger charge is -2.25. The average molecular weight is 210 g/mol. The highest BCUT2D eigenvalue weighted by atomic mass is 19.1. The molecule has 84 valence electrons. The smallest absolute Gasteiger partial charge is 0.148 e. The summed E-state index contributed by atoms with van der Waals surface area (Å²) in [6.45, 7) is 6.05. The van der Waals surface area contributed by atoms with E-state index < -0.39 is 0 Å². The highest BCUT2D eigenvalue weighted by Gasteiger charge is 2.10. The molecule has 0 aromatic heterocycles. The Morgan fingerprint density at radius 2 is 1.80 bits per heavy atom. The van der Waals surface area contributed by atoms with E-state index in [1.54, 1.807) is 6.07 Å². The second-order valence-corrected chi connectivity index (χ2v) is 3.66. The van der Waals surface area contributed by atoms with Gasteiger partial charge in [-0.2, -0.15) is 0 Å². The number of hydrogen-bond donors (Lipinski definition) is 1. The van der Waals surface area contributed by atoms with Gasteiger partial charge in [0.25, 0.3) is 0 Å². The Hall–Kier alpha value is -1.25. The third-order valence-corrected chi connectivity index (χ3v) is 2.36. The van der Waals surface area contributed by atoms with Crippen molar-refractivity contribution in [3.8, 4) is 0 Å². The Bertz CT molecular complexity index is 306. The Balaban J connectivity index is 2.94. The van der Waals surface area contributed by atoms with Gasteiger partial charge in [0.15, 0.2) is 0 Å². The van der Waals surface area contributed by atoms with Crippen LogP contribution in [0.4, 0.5) is 15.8 Å². The van der Waals surface area contributed by atoms with Crippen molar-refractivity contribution in [1.29, 1.82) is 0 Å². The van der Waals surface area contributed by atoms with Crippen LogP contribution < -0.4 is 10.6 Å². The van der Waals surface area contributed by atoms with Gasteiger partial charge in [0.2, 0.25) is 0 Å². The molecule has 0 spiro atoms. The first-order valence-electron chi connectivity index (χ1n) is 5.49. The molecule has 1 aromatic rings. The van der Waals surface area contributed by atoms with E-state index in [0.717, 1.165) is 31.6 Å². The second-order valence-electron chi connectivity index (χ2n) is 3.66. The highest BCUT2D eigenvalue weighted by Crippen LogP contribution is 2.25. The molecule has 0 atom stereocenters. The molecule has 0 aliphatic rings. The van der Waals surface area contributed by atoms with Crippen molar-refractivity contribution >= 4 is 11.4 Å². The van der Waals surface area contributed by atoms with E-state index >= 15 is 0 Å². The summed E-state index contributed by atoms with van der Waals surface area (Å²) in [5.41, 5.74) is 6.81. The maximum atomic E-state index is 13.3. The number of nitrogens with two attached hydrogens (primary N) is 1. The number of anilines is 2. The number of halogens is 1. The van der Waals surface area contributed by atoms with Crippen LogP contribution in [-0.2, 0) is 0 Å². The van der Waals surface area contributed by atoms with E-state index in [4.69, 9.17) is 5.73 Å². The second kappa shape index (κ2) is 5.59. The average Bonchev–Trinajstić information content (AvgIpc) is 2.22. The lowest BCUT2D eigenvalue weighted by molar-refractivity contribution is 0.630. The van der Waals surface area contributed by atoms with Crippen LogP contribution in [0.15, 0.2) is 18.2 Å². The molecular weight excluding hydrogens is 191 g/mol. The van der Waals surface area contributed by atoms with Gasteiger partial charge in [-0.25, -0.2) is 4.39 Å². The monoisotopic (exact) mass is 210 g/mol. The SMILES string of the molecule is CCCN(CCC)c1cccc(F)c1N. The van der Waals surface area contributed by atoms with Crippen molar-refractivity contribution in [3.63, 3.8) is 0 Å². The van der Waals surface area contributed by atoms with Gasteiger partial charge in [-0.05, 0) is 25.0 Å². The minimum Gasteiger partial charge on any atom is -0.395 e. The molecule has 1 rings (SSSR count). The summed E-state index contributed by atoms with van der Waals surface area (Å²) in [6.07, 6.45) is 2.08. The summed E-state index contributed by atoms with van der Waals surface area (Å²) in [4.78, 5) is 2.14. The third-order valence-electron chi connectivity index (χ3n) is 2.36. The largest absolute Gasteiger partial charge is 0.395 e. The van der Waals surface area contributed by atoms with E-state index in [2.05, 4.69) is 18.7 Å². The van der Waals surface area contributed by atoms with Gasteiger partial charge in [0.1, 0.15) is 5.82 Å². The molecule has 15 heavy (non-hydrogen) atoms. The van der Waals surface area contributed by atoms with Gasteiger partial charge in [0.05, 0.1) is 11.4 Å². The Morgan fingerprint density at radius 1 is 1.20 bits per heavy atom. The normalized spacial score (nSPS) is 10.3. The number of nitrogen functional groups attached to an aromatic ring is 1. The molecule has 0 heterocycles. The maximum Gasteiger partial charge on any atom is 0.148 e. The molecule has 2 nitrogen and oxygen atoms in total. The van der Waals surface area contributed by atoms with Crippen molar-refractivity contribution < 1.29 is 4.39 Å². The Morgan fingerprint density at radius 3 is 2.33 bits per heavy atom. The molecule has 0 unspecified atom stereocenters. The van der Waals surface area contributed by atoms with E-state index in [1.807, 2.05) is 6.07 Å². The van der Waals surface area contributed by atoms with Crippen LogP contribution in [0.5, 0.6) is 0 Å². The summed E-state index contributed by atoms with van der Waals surface area (Å²) in [5.74, 6) is -0.329. The zero-order valence-electron chi connectivity index (χ0n) is 9.46. The fourth-order valence-corrected chi connectivity index (χ4v) is 1.69. The van der Waals surface area contributed by atoms with Gasteiger partial charge < -0.3 is 10.6 Å². The Labute approximate surface area is 90.9 Å². The van der Waals surface area contributed by atoms with Crippen LogP contribution in [-0.4, -0.2) is 13.1 Å². The zero-order chi connectivity index (χ0) is 11.3. The minimum atomic E-state index is -0.329. The van der Waals surface area contributed by atoms with Gasteiger partial charge in [-0.15, -0.1) is 0 Å². The van der Waals surface area contributed by atoms with Crippen molar-refractivity contribution in [2.45, 2.75) is 26.7 Å². The zero-order valence-corrected chi connectivity index (χ0v) is 9.46. The van der Waals surface area contributed by atoms with Crippen molar-refractivity contribution in [2.75, 3.05) is 23.7 Å². The van der Waals surface area contributed by atoms with Gasteiger partial charge in [0, 0.05) is 13.1 Å². The molecule has 0 aliphatic carbocycles. The number of para-hydroxylation sites is 1. The predicted octanol–water partition coefficient (Wildman–Crippen LogP) is 3.03. The quantitative estimate of drug-likeness (QED) is 0.757. The Kier molecular flexibility index (Phi) is 4.40. The number of benzene rings is 1. The van der Waals surface area contributed by atoms with E-state index in [1.165, 1.54) is 6.07 Å². The van der Waals surface area contributed by atoms with Gasteiger partial charge in [-0.3, -0.25) is 0 Å². The molecule has 0 saturated carbocycles. The highest BCUT2D eigenvalue weighted by molar-refractivity contribution is 5.68. The van der Waals surface area contributed by atoms with Crippen molar-refractivity contribution in [2.24, 2.45) is 0 Å². The number of nitrogens with zero attached hydrogens (tertiary/aromatic N) is 1. The topological polar surface area (TPSA) is 29.3 Å². The lowest BCUT2D eigenvalue weighted by atomic mass is 10.2. The summed E-state index contributed by atoms with van der Waals surface area (Å²) < 4.78 is 13.3. The van der Waals surface area contributed by atoms with Crippen LogP contribution in [0.25, 0.3) is 0 Å². The van der Waals surface area contributed by atoms with Crippen LogP contribution >= 0.6 is 0 Å². The predicted molar refractivity (Wildman–Crippen MR) is 63.6 cm³/mol. The number of hydrogen-bond acceptors (Lipinski definition) is 2. The molecule has 2 N–H and O–H groups in total. The van der Waals surface area contributed by atoms with Crippen molar-refractivity contribution in [3.05, 3.63) is 24.0 Å². The first kappa shape index (κ1) is 11.8. The van der Waals surface area contributed by atoms with Crippen LogP contribution in [0, 0.1) is 5.82 Å². The fourth-order valence-electron chi connectivity index (χ4n) is 1.69. The standard InChI is InChI=1S/C12H19FN2/c1-3-8-15(9-4-2)11-7-5-6-10(13)12(11)14/h5-7H,3-4,8-9,14H2,1-2H3. The van der Waals surface area contributed by atoms with Crippen LogP contribution in [0.2, 0.25) is 0 Å². The molecule has 0 fully saturated rings. The van der Waals surface area contributed by atoms with Crippen LogP contribution in [0.3, 0.4) is 0 Å². The van der Waals surface area contributed by atoms with Gasteiger partial charge in [-0.1, -0.05) is 19.9 Å². The summed E-state index contributed by atoms with van der Waals surface area (Å²) in [6, 6.07) is 4.98. The molecular formula is C12H19FN2. The lowest BCUT2D eigenvalue weighted by Crippen LogP contribution is -2.26. The minimum absolute atomic E-state index is 0.263. The molecule has 0 bridgehead atoms. The van der Waals surface area contributed by atoms with Crippen LogP contribution in [0.1, 0.15) is 26.7 Å². The summed E-state index contributed by atoms with van der Waals surface area (Å²) in [5, 5.41) is 0. The molecule has 3 heteroatoms. The third kappa shape index (κ3) is 2.85. The van der Waals surface area contributed by atoms with E-state index in [9.17, 15) is 4.39 Å². The molecule has 0 aliphatic heterocycles. The van der Waals surface area contributed by atoms with Gasteiger partial charge >= 0.3 is 0 Å². The molecule has 0 amide bonds.